The summed E-state index contributed by atoms with van der Waals surface area (Å²) in [6.07, 6.45) is 0.632. The first-order valence-electron chi connectivity index (χ1n) is 4.68. The molecule has 0 N–H and O–H groups in total. The molecule has 0 fully saturated rings. The molecule has 0 spiro atoms. The lowest BCUT2D eigenvalue weighted by Gasteiger charge is -2.08. The summed E-state index contributed by atoms with van der Waals surface area (Å²) < 4.78 is 14.7. The van der Waals surface area contributed by atoms with Gasteiger partial charge < -0.3 is 0 Å². The Kier molecular flexibility index (Phi) is 3.12. The van der Waals surface area contributed by atoms with Gasteiger partial charge >= 0.3 is 0 Å². The minimum Gasteiger partial charge on any atom is -0.268 e. The van der Waals surface area contributed by atoms with Gasteiger partial charge in [0.2, 0.25) is 5.28 Å². The van der Waals surface area contributed by atoms with Crippen molar-refractivity contribution in [3.8, 4) is 5.69 Å². The Morgan fingerprint density at radius 1 is 1.31 bits per heavy atom. The molecule has 0 saturated heterocycles. The van der Waals surface area contributed by atoms with Crippen molar-refractivity contribution in [1.82, 2.24) is 14.8 Å². The van der Waals surface area contributed by atoms with Crippen molar-refractivity contribution in [2.75, 3.05) is 0 Å². The molecule has 0 aliphatic heterocycles. The molecule has 1 aromatic heterocycles. The van der Waals surface area contributed by atoms with Crippen molar-refractivity contribution in [1.29, 1.82) is 0 Å². The molecule has 0 saturated carbocycles. The van der Waals surface area contributed by atoms with Crippen molar-refractivity contribution in [2.24, 2.45) is 0 Å². The summed E-state index contributed by atoms with van der Waals surface area (Å²) in [6, 6.07) is 4.06. The van der Waals surface area contributed by atoms with E-state index in [1.54, 1.807) is 0 Å². The summed E-state index contributed by atoms with van der Waals surface area (Å²) in [4.78, 5) is 0. The zero-order valence-electron chi connectivity index (χ0n) is 8.41. The van der Waals surface area contributed by atoms with Crippen molar-refractivity contribution in [3.63, 3.8) is 0 Å². The van der Waals surface area contributed by atoms with Gasteiger partial charge in [-0.15, -0.1) is 10.2 Å². The van der Waals surface area contributed by atoms with Gasteiger partial charge in [-0.25, -0.2) is 4.39 Å². The quantitative estimate of drug-likeness (QED) is 0.829. The van der Waals surface area contributed by atoms with Gasteiger partial charge in [0.1, 0.15) is 11.6 Å². The first kappa shape index (κ1) is 11.4. The lowest BCUT2D eigenvalue weighted by molar-refractivity contribution is 0.626. The van der Waals surface area contributed by atoms with E-state index in [0.717, 1.165) is 0 Å². The van der Waals surface area contributed by atoms with E-state index in [2.05, 4.69) is 10.2 Å². The molecule has 0 bridgehead atoms. The molecule has 0 aliphatic carbocycles. The number of halogens is 3. The first-order chi connectivity index (χ1) is 7.63. The van der Waals surface area contributed by atoms with E-state index in [4.69, 9.17) is 23.2 Å². The highest BCUT2D eigenvalue weighted by Gasteiger charge is 2.13. The number of benzene rings is 1. The minimum atomic E-state index is -0.383. The maximum absolute atomic E-state index is 13.2. The molecule has 6 heteroatoms. The number of rotatable bonds is 2. The van der Waals surface area contributed by atoms with E-state index < -0.39 is 0 Å². The monoisotopic (exact) mass is 259 g/mol. The first-order valence-corrected chi connectivity index (χ1v) is 5.44. The zero-order valence-corrected chi connectivity index (χ0v) is 9.93. The Balaban J connectivity index is 2.66. The number of aromatic nitrogens is 3. The molecule has 84 valence electrons. The normalized spacial score (nSPS) is 10.8. The van der Waals surface area contributed by atoms with Crippen molar-refractivity contribution < 1.29 is 4.39 Å². The van der Waals surface area contributed by atoms with Gasteiger partial charge in [-0.3, -0.25) is 4.57 Å². The molecule has 0 unspecified atom stereocenters. The van der Waals surface area contributed by atoms with Crippen molar-refractivity contribution >= 4 is 23.2 Å². The van der Waals surface area contributed by atoms with Crippen molar-refractivity contribution in [3.05, 3.63) is 40.1 Å². The van der Waals surface area contributed by atoms with E-state index in [0.29, 0.717) is 23.0 Å². The maximum Gasteiger partial charge on any atom is 0.229 e. The molecular weight excluding hydrogens is 252 g/mol. The molecule has 0 radical (unpaired) electrons. The third-order valence-electron chi connectivity index (χ3n) is 2.16. The Morgan fingerprint density at radius 2 is 2.06 bits per heavy atom. The Hall–Kier alpha value is -1.13. The lowest BCUT2D eigenvalue weighted by Crippen LogP contribution is -2.01. The SMILES string of the molecule is CCc1nnc(Cl)n1-c1cc(F)ccc1Cl. The van der Waals surface area contributed by atoms with Gasteiger partial charge in [0, 0.05) is 6.42 Å². The standard InChI is InChI=1S/C10H8Cl2FN3/c1-2-9-14-15-10(12)16(9)8-5-6(13)3-4-7(8)11/h3-5H,2H2,1H3. The topological polar surface area (TPSA) is 30.7 Å². The van der Waals surface area contributed by atoms with Crippen LogP contribution in [0.2, 0.25) is 10.3 Å². The van der Waals surface area contributed by atoms with E-state index in [-0.39, 0.29) is 11.1 Å². The fourth-order valence-electron chi connectivity index (χ4n) is 1.42. The van der Waals surface area contributed by atoms with Crippen LogP contribution in [0.5, 0.6) is 0 Å². The number of hydrogen-bond acceptors (Lipinski definition) is 2. The van der Waals surface area contributed by atoms with E-state index >= 15 is 0 Å². The molecule has 0 aliphatic rings. The summed E-state index contributed by atoms with van der Waals surface area (Å²) in [5, 5.41) is 8.18. The smallest absolute Gasteiger partial charge is 0.229 e. The van der Waals surface area contributed by atoms with Crippen LogP contribution in [-0.2, 0) is 6.42 Å². The highest BCUT2D eigenvalue weighted by Crippen LogP contribution is 2.25. The highest BCUT2D eigenvalue weighted by atomic mass is 35.5. The molecule has 2 aromatic rings. The van der Waals surface area contributed by atoms with Gasteiger partial charge in [0.25, 0.3) is 0 Å². The number of hydrogen-bond donors (Lipinski definition) is 0. The van der Waals surface area contributed by atoms with E-state index in [1.165, 1.54) is 22.8 Å². The Bertz CT molecular complexity index is 525. The summed E-state index contributed by atoms with van der Waals surface area (Å²) in [6.45, 7) is 1.91. The summed E-state index contributed by atoms with van der Waals surface area (Å²) >= 11 is 11.9. The third-order valence-corrected chi connectivity index (χ3v) is 2.72. The number of aryl methyl sites for hydroxylation is 1. The maximum atomic E-state index is 13.2. The second-order valence-corrected chi connectivity index (χ2v) is 3.92. The fraction of sp³-hybridized carbons (Fsp3) is 0.200. The van der Waals surface area contributed by atoms with Crippen LogP contribution >= 0.6 is 23.2 Å². The number of nitrogens with zero attached hydrogens (tertiary/aromatic N) is 3. The van der Waals surface area contributed by atoms with Gasteiger partial charge in [0.05, 0.1) is 10.7 Å². The molecule has 3 nitrogen and oxygen atoms in total. The van der Waals surface area contributed by atoms with Crippen LogP contribution in [0.15, 0.2) is 18.2 Å². The van der Waals surface area contributed by atoms with Crippen molar-refractivity contribution in [2.45, 2.75) is 13.3 Å². The van der Waals surface area contributed by atoms with Gasteiger partial charge in [0.15, 0.2) is 0 Å². The summed E-state index contributed by atoms with van der Waals surface area (Å²) in [5.41, 5.74) is 0.452. The minimum absolute atomic E-state index is 0.171. The zero-order chi connectivity index (χ0) is 11.7. The molecule has 1 aromatic carbocycles. The molecule has 0 atom stereocenters. The second-order valence-electron chi connectivity index (χ2n) is 3.17. The predicted molar refractivity (Wildman–Crippen MR) is 60.7 cm³/mol. The highest BCUT2D eigenvalue weighted by molar-refractivity contribution is 6.33. The molecule has 2 rings (SSSR count). The molecular formula is C10H8Cl2FN3. The van der Waals surface area contributed by atoms with Gasteiger partial charge in [-0.2, -0.15) is 0 Å². The van der Waals surface area contributed by atoms with Crippen LogP contribution < -0.4 is 0 Å². The largest absolute Gasteiger partial charge is 0.268 e. The average molecular weight is 260 g/mol. The average Bonchev–Trinajstić information content (AvgIpc) is 2.63. The van der Waals surface area contributed by atoms with Gasteiger partial charge in [-0.1, -0.05) is 18.5 Å². The summed E-state index contributed by atoms with van der Waals surface area (Å²) in [5.74, 6) is 0.253. The Morgan fingerprint density at radius 3 is 2.75 bits per heavy atom. The predicted octanol–water partition coefficient (Wildman–Crippen LogP) is 3.28. The second kappa shape index (κ2) is 4.39. The van der Waals surface area contributed by atoms with Crippen LogP contribution in [-0.4, -0.2) is 14.8 Å². The molecule has 0 amide bonds. The Labute approximate surface area is 102 Å². The summed E-state index contributed by atoms with van der Waals surface area (Å²) in [7, 11) is 0. The van der Waals surface area contributed by atoms with Gasteiger partial charge in [-0.05, 0) is 29.8 Å². The fourth-order valence-corrected chi connectivity index (χ4v) is 1.85. The molecule has 1 heterocycles. The van der Waals surface area contributed by atoms with E-state index in [1.807, 2.05) is 6.92 Å². The van der Waals surface area contributed by atoms with Crippen LogP contribution in [0.1, 0.15) is 12.7 Å². The molecule has 16 heavy (non-hydrogen) atoms. The van der Waals surface area contributed by atoms with Crippen LogP contribution in [0.4, 0.5) is 4.39 Å². The van der Waals surface area contributed by atoms with Crippen LogP contribution in [0.3, 0.4) is 0 Å². The van der Waals surface area contributed by atoms with Crippen LogP contribution in [0, 0.1) is 5.82 Å². The van der Waals surface area contributed by atoms with E-state index in [9.17, 15) is 4.39 Å². The third kappa shape index (κ3) is 1.90. The lowest BCUT2D eigenvalue weighted by atomic mass is 10.3. The van der Waals surface area contributed by atoms with Crippen LogP contribution in [0.25, 0.3) is 5.69 Å².